The number of pyridine rings is 1. The van der Waals surface area contributed by atoms with Crippen molar-refractivity contribution in [1.82, 2.24) is 9.88 Å². The first-order valence-electron chi connectivity index (χ1n) is 8.01. The van der Waals surface area contributed by atoms with Crippen molar-refractivity contribution in [2.45, 2.75) is 25.8 Å². The van der Waals surface area contributed by atoms with Gasteiger partial charge in [0.2, 0.25) is 0 Å². The van der Waals surface area contributed by atoms with Crippen LogP contribution in [0.4, 0.5) is 0 Å². The van der Waals surface area contributed by atoms with Gasteiger partial charge < -0.3 is 14.4 Å². The van der Waals surface area contributed by atoms with Gasteiger partial charge in [0.05, 0.1) is 24.8 Å². The fourth-order valence-corrected chi connectivity index (χ4v) is 3.54. The van der Waals surface area contributed by atoms with Crippen molar-refractivity contribution in [3.05, 3.63) is 23.8 Å². The molecule has 2 rings (SSSR count). The van der Waals surface area contributed by atoms with Crippen LogP contribution in [0, 0.1) is 6.92 Å². The summed E-state index contributed by atoms with van der Waals surface area (Å²) in [5, 5.41) is 2.17. The number of ether oxygens (including phenoxy) is 2. The highest BCUT2D eigenvalue weighted by Crippen LogP contribution is 2.33. The van der Waals surface area contributed by atoms with Gasteiger partial charge in [-0.25, -0.2) is 4.98 Å². The summed E-state index contributed by atoms with van der Waals surface area (Å²) in [6.45, 7) is 9.79. The molecule has 0 N–H and O–H groups in total. The summed E-state index contributed by atoms with van der Waals surface area (Å²) in [7, 11) is 3.30. The fraction of sp³-hybridized carbons (Fsp3) is 0.500. The van der Waals surface area contributed by atoms with Crippen molar-refractivity contribution in [1.29, 1.82) is 0 Å². The van der Waals surface area contributed by atoms with Gasteiger partial charge in [0.25, 0.3) is 0 Å². The topological polar surface area (TPSA) is 34.6 Å². The zero-order chi connectivity index (χ0) is 16.8. The van der Waals surface area contributed by atoms with E-state index in [1.807, 2.05) is 23.9 Å². The molecular weight excluding hydrogens is 308 g/mol. The number of benzene rings is 1. The molecule has 23 heavy (non-hydrogen) atoms. The second kappa shape index (κ2) is 8.41. The maximum Gasteiger partial charge on any atom is 0.162 e. The summed E-state index contributed by atoms with van der Waals surface area (Å²) in [6.07, 6.45) is 0. The van der Waals surface area contributed by atoms with Gasteiger partial charge in [-0.15, -0.1) is 11.8 Å². The van der Waals surface area contributed by atoms with Crippen molar-refractivity contribution < 1.29 is 9.47 Å². The van der Waals surface area contributed by atoms with E-state index >= 15 is 0 Å². The van der Waals surface area contributed by atoms with Crippen LogP contribution in [0.25, 0.3) is 10.9 Å². The minimum atomic E-state index is 0.718. The van der Waals surface area contributed by atoms with Gasteiger partial charge >= 0.3 is 0 Å². The first kappa shape index (κ1) is 17.9. The van der Waals surface area contributed by atoms with E-state index in [1.165, 1.54) is 5.56 Å². The van der Waals surface area contributed by atoms with Crippen molar-refractivity contribution >= 4 is 22.7 Å². The molecule has 0 aliphatic heterocycles. The predicted octanol–water partition coefficient (Wildman–Crippen LogP) is 3.99. The Morgan fingerprint density at radius 3 is 2.30 bits per heavy atom. The zero-order valence-electron chi connectivity index (χ0n) is 14.7. The highest BCUT2D eigenvalue weighted by atomic mass is 32.2. The Kier molecular flexibility index (Phi) is 6.54. The number of nitrogens with zero attached hydrogens (tertiary/aromatic N) is 2. The van der Waals surface area contributed by atoms with E-state index in [1.54, 1.807) is 14.2 Å². The minimum Gasteiger partial charge on any atom is -0.493 e. The molecule has 0 unspecified atom stereocenters. The molecule has 126 valence electrons. The molecule has 0 aliphatic carbocycles. The van der Waals surface area contributed by atoms with Gasteiger partial charge in [0, 0.05) is 23.8 Å². The number of aromatic nitrogens is 1. The van der Waals surface area contributed by atoms with E-state index < -0.39 is 0 Å². The van der Waals surface area contributed by atoms with Crippen LogP contribution >= 0.6 is 11.8 Å². The van der Waals surface area contributed by atoms with E-state index in [4.69, 9.17) is 14.5 Å². The first-order chi connectivity index (χ1) is 11.1. The molecule has 0 bridgehead atoms. The normalized spacial score (nSPS) is 11.2. The Bertz CT molecular complexity index is 657. The highest BCUT2D eigenvalue weighted by Gasteiger charge is 2.10. The standard InChI is InChI=1S/C18H26N2O2S/c1-6-20(7-2)8-9-23-18-13(3)10-14-11-16(21-4)17(22-5)12-15(14)19-18/h10-12H,6-9H2,1-5H3. The molecule has 2 aromatic rings. The van der Waals surface area contributed by atoms with Crippen LogP contribution in [0.15, 0.2) is 23.2 Å². The van der Waals surface area contributed by atoms with Crippen LogP contribution in [0.1, 0.15) is 19.4 Å². The number of methoxy groups -OCH3 is 2. The van der Waals surface area contributed by atoms with Crippen LogP contribution in [-0.2, 0) is 0 Å². The van der Waals surface area contributed by atoms with Crippen LogP contribution in [-0.4, -0.2) is 49.5 Å². The molecule has 0 amide bonds. The van der Waals surface area contributed by atoms with E-state index in [-0.39, 0.29) is 0 Å². The lowest BCUT2D eigenvalue weighted by atomic mass is 10.1. The molecular formula is C18H26N2O2S. The number of thioether (sulfide) groups is 1. The predicted molar refractivity (Wildman–Crippen MR) is 98.1 cm³/mol. The lowest BCUT2D eigenvalue weighted by Crippen LogP contribution is -2.25. The molecule has 0 aliphatic rings. The third kappa shape index (κ3) is 4.30. The van der Waals surface area contributed by atoms with Crippen molar-refractivity contribution in [2.24, 2.45) is 0 Å². The van der Waals surface area contributed by atoms with Gasteiger partial charge in [-0.3, -0.25) is 0 Å². The molecule has 5 heteroatoms. The lowest BCUT2D eigenvalue weighted by Gasteiger charge is -2.17. The Labute approximate surface area is 143 Å². The number of aryl methyl sites for hydroxylation is 1. The molecule has 4 nitrogen and oxygen atoms in total. The number of rotatable bonds is 8. The third-order valence-electron chi connectivity index (χ3n) is 4.00. The second-order valence-electron chi connectivity index (χ2n) is 5.39. The van der Waals surface area contributed by atoms with Gasteiger partial charge in [0.15, 0.2) is 11.5 Å². The van der Waals surface area contributed by atoms with E-state index in [0.29, 0.717) is 0 Å². The van der Waals surface area contributed by atoms with Crippen molar-refractivity contribution in [3.8, 4) is 11.5 Å². The zero-order valence-corrected chi connectivity index (χ0v) is 15.5. The monoisotopic (exact) mass is 334 g/mol. The van der Waals surface area contributed by atoms with Crippen LogP contribution < -0.4 is 9.47 Å². The molecule has 0 fully saturated rings. The molecule has 1 aromatic carbocycles. The van der Waals surface area contributed by atoms with Crippen molar-refractivity contribution in [3.63, 3.8) is 0 Å². The average Bonchev–Trinajstić information content (AvgIpc) is 2.57. The van der Waals surface area contributed by atoms with E-state index in [9.17, 15) is 0 Å². The largest absolute Gasteiger partial charge is 0.493 e. The summed E-state index contributed by atoms with van der Waals surface area (Å²) in [4.78, 5) is 7.24. The minimum absolute atomic E-state index is 0.718. The highest BCUT2D eigenvalue weighted by molar-refractivity contribution is 7.99. The fourth-order valence-electron chi connectivity index (χ4n) is 2.55. The summed E-state index contributed by atoms with van der Waals surface area (Å²) < 4.78 is 10.7. The number of fused-ring (bicyclic) bond motifs is 1. The van der Waals surface area contributed by atoms with Gasteiger partial charge in [-0.2, -0.15) is 0 Å². The molecule has 0 saturated heterocycles. The number of hydrogen-bond donors (Lipinski definition) is 0. The van der Waals surface area contributed by atoms with E-state index in [2.05, 4.69) is 31.7 Å². The van der Waals surface area contributed by atoms with Crippen molar-refractivity contribution in [2.75, 3.05) is 39.6 Å². The first-order valence-corrected chi connectivity index (χ1v) is 9.00. The molecule has 1 heterocycles. The Morgan fingerprint density at radius 2 is 1.70 bits per heavy atom. The van der Waals surface area contributed by atoms with Gasteiger partial charge in [0.1, 0.15) is 0 Å². The molecule has 0 atom stereocenters. The molecule has 0 saturated carbocycles. The third-order valence-corrected chi connectivity index (χ3v) is 5.08. The maximum atomic E-state index is 5.38. The summed E-state index contributed by atoms with van der Waals surface area (Å²) in [6, 6.07) is 6.10. The van der Waals surface area contributed by atoms with Crippen LogP contribution in [0.5, 0.6) is 11.5 Å². The Balaban J connectivity index is 2.22. The average molecular weight is 334 g/mol. The van der Waals surface area contributed by atoms with E-state index in [0.717, 1.165) is 52.8 Å². The molecule has 0 radical (unpaired) electrons. The Hall–Kier alpha value is -1.46. The van der Waals surface area contributed by atoms with Crippen LogP contribution in [0.2, 0.25) is 0 Å². The summed E-state index contributed by atoms with van der Waals surface area (Å²) in [5.74, 6) is 2.51. The summed E-state index contributed by atoms with van der Waals surface area (Å²) in [5.41, 5.74) is 2.15. The molecule has 0 spiro atoms. The smallest absolute Gasteiger partial charge is 0.162 e. The quantitative estimate of drug-likeness (QED) is 0.682. The lowest BCUT2D eigenvalue weighted by molar-refractivity contribution is 0.324. The SMILES string of the molecule is CCN(CC)CCSc1nc2cc(OC)c(OC)cc2cc1C. The Morgan fingerprint density at radius 1 is 1.04 bits per heavy atom. The van der Waals surface area contributed by atoms with Gasteiger partial charge in [-0.1, -0.05) is 13.8 Å². The number of hydrogen-bond acceptors (Lipinski definition) is 5. The molecule has 1 aromatic heterocycles. The second-order valence-corrected chi connectivity index (χ2v) is 6.47. The maximum absolute atomic E-state index is 5.38. The summed E-state index contributed by atoms with van der Waals surface area (Å²) >= 11 is 1.82. The van der Waals surface area contributed by atoms with Crippen LogP contribution in [0.3, 0.4) is 0 Å². The van der Waals surface area contributed by atoms with Gasteiger partial charge in [-0.05, 0) is 37.7 Å².